The largest absolute Gasteiger partial charge is 0.249 e. The Morgan fingerprint density at radius 3 is 2.83 bits per heavy atom. The second-order valence-corrected chi connectivity index (χ2v) is 3.91. The first-order valence-electron chi connectivity index (χ1n) is 3.34. The number of hydrogen-bond acceptors (Lipinski definition) is 3. The number of aryl methyl sites for hydroxylation is 1. The molecular weight excluding hydrogens is 192 g/mol. The highest BCUT2D eigenvalue weighted by atomic mass is 35.5. The fourth-order valence-electron chi connectivity index (χ4n) is 0.697. The Morgan fingerprint density at radius 1 is 1.75 bits per heavy atom. The molecule has 1 aromatic heterocycles. The van der Waals surface area contributed by atoms with E-state index in [1.807, 2.05) is 13.0 Å². The Labute approximate surface area is 80.1 Å². The topological polar surface area (TPSA) is 36.7 Å². The van der Waals surface area contributed by atoms with Gasteiger partial charge in [0.2, 0.25) is 0 Å². The lowest BCUT2D eigenvalue weighted by Crippen LogP contribution is -1.74. The van der Waals surface area contributed by atoms with Crippen molar-refractivity contribution < 1.29 is 0 Å². The molecule has 1 rings (SSSR count). The molecule has 0 unspecified atom stereocenters. The summed E-state index contributed by atoms with van der Waals surface area (Å²) < 4.78 is 0. The summed E-state index contributed by atoms with van der Waals surface area (Å²) in [5, 5.41) is 10.0. The molecular formula is C8H7ClN2S. The van der Waals surface area contributed by atoms with E-state index in [2.05, 4.69) is 4.98 Å². The quantitative estimate of drug-likeness (QED) is 0.651. The lowest BCUT2D eigenvalue weighted by Gasteiger charge is -1.91. The van der Waals surface area contributed by atoms with Crippen molar-refractivity contribution in [1.29, 1.82) is 5.26 Å². The predicted octanol–water partition coefficient (Wildman–Crippen LogP) is 2.94. The van der Waals surface area contributed by atoms with Crippen LogP contribution in [0.1, 0.15) is 16.8 Å². The van der Waals surface area contributed by atoms with Gasteiger partial charge in [-0.15, -0.1) is 11.3 Å². The lowest BCUT2D eigenvalue weighted by atomic mass is 10.3. The fourth-order valence-corrected chi connectivity index (χ4v) is 1.68. The van der Waals surface area contributed by atoms with Crippen LogP contribution in [0.4, 0.5) is 0 Å². The summed E-state index contributed by atoms with van der Waals surface area (Å²) in [6.45, 7) is 3.59. The van der Waals surface area contributed by atoms with Crippen molar-refractivity contribution in [2.45, 2.75) is 13.8 Å². The van der Waals surface area contributed by atoms with Gasteiger partial charge in [-0.1, -0.05) is 11.6 Å². The van der Waals surface area contributed by atoms with E-state index < -0.39 is 0 Å². The van der Waals surface area contributed by atoms with Crippen LogP contribution in [-0.4, -0.2) is 4.98 Å². The van der Waals surface area contributed by atoms with Crippen molar-refractivity contribution in [3.63, 3.8) is 0 Å². The molecule has 1 aromatic rings. The summed E-state index contributed by atoms with van der Waals surface area (Å²) in [4.78, 5) is 4.90. The zero-order valence-corrected chi connectivity index (χ0v) is 8.33. The maximum absolute atomic E-state index is 8.57. The van der Waals surface area contributed by atoms with E-state index in [0.29, 0.717) is 10.6 Å². The van der Waals surface area contributed by atoms with E-state index in [-0.39, 0.29) is 0 Å². The lowest BCUT2D eigenvalue weighted by molar-refractivity contribution is 1.29. The summed E-state index contributed by atoms with van der Waals surface area (Å²) >= 11 is 7.39. The minimum atomic E-state index is 0.503. The Kier molecular flexibility index (Phi) is 2.85. The molecule has 0 N–H and O–H groups in total. The number of aromatic nitrogens is 1. The van der Waals surface area contributed by atoms with Gasteiger partial charge in [-0.05, 0) is 13.8 Å². The number of nitriles is 1. The van der Waals surface area contributed by atoms with Crippen molar-refractivity contribution in [3.05, 3.63) is 21.7 Å². The molecule has 0 aliphatic carbocycles. The molecule has 0 radical (unpaired) electrons. The SMILES string of the molecule is C/C(C#N)=C(/Cl)c1cnc(C)s1. The van der Waals surface area contributed by atoms with Gasteiger partial charge in [0.05, 0.1) is 21.0 Å². The third-order valence-corrected chi connectivity index (χ3v) is 2.86. The van der Waals surface area contributed by atoms with Crippen molar-refractivity contribution >= 4 is 28.0 Å². The van der Waals surface area contributed by atoms with Crippen LogP contribution in [0.5, 0.6) is 0 Å². The number of rotatable bonds is 1. The maximum Gasteiger partial charge on any atom is 0.0960 e. The molecule has 0 fully saturated rings. The average Bonchev–Trinajstić information content (AvgIpc) is 2.49. The highest BCUT2D eigenvalue weighted by Gasteiger charge is 2.05. The van der Waals surface area contributed by atoms with E-state index >= 15 is 0 Å². The summed E-state index contributed by atoms with van der Waals surface area (Å²) in [6, 6.07) is 2.00. The fraction of sp³-hybridized carbons (Fsp3) is 0.250. The van der Waals surface area contributed by atoms with Gasteiger partial charge in [-0.2, -0.15) is 5.26 Å². The highest BCUT2D eigenvalue weighted by molar-refractivity contribution is 7.13. The molecule has 4 heteroatoms. The average molecular weight is 199 g/mol. The zero-order valence-electron chi connectivity index (χ0n) is 6.76. The van der Waals surface area contributed by atoms with E-state index in [4.69, 9.17) is 16.9 Å². The first-order valence-corrected chi connectivity index (χ1v) is 4.54. The number of halogens is 1. The predicted molar refractivity (Wildman–Crippen MR) is 50.9 cm³/mol. The maximum atomic E-state index is 8.57. The van der Waals surface area contributed by atoms with Gasteiger partial charge in [0, 0.05) is 11.8 Å². The summed E-state index contributed by atoms with van der Waals surface area (Å²) in [5.74, 6) is 0. The molecule has 0 spiro atoms. The standard InChI is InChI=1S/C8H7ClN2S/c1-5(3-10)8(9)7-4-11-6(2)12-7/h4H,1-2H3/b8-5-. The zero-order chi connectivity index (χ0) is 9.14. The summed E-state index contributed by atoms with van der Waals surface area (Å²) in [6.07, 6.45) is 1.68. The number of nitrogens with zero attached hydrogens (tertiary/aromatic N) is 2. The van der Waals surface area contributed by atoms with Gasteiger partial charge in [-0.3, -0.25) is 0 Å². The summed E-state index contributed by atoms with van der Waals surface area (Å²) in [5.41, 5.74) is 0.528. The molecule has 0 bridgehead atoms. The molecule has 0 aliphatic heterocycles. The first kappa shape index (κ1) is 9.24. The van der Waals surface area contributed by atoms with Crippen LogP contribution in [0.3, 0.4) is 0 Å². The first-order chi connectivity index (χ1) is 5.65. The van der Waals surface area contributed by atoms with Gasteiger partial charge in [0.25, 0.3) is 0 Å². The Hall–Kier alpha value is -0.850. The smallest absolute Gasteiger partial charge is 0.0960 e. The molecule has 0 saturated carbocycles. The Bertz CT molecular complexity index is 359. The molecule has 0 amide bonds. The molecule has 0 atom stereocenters. The van der Waals surface area contributed by atoms with E-state index in [9.17, 15) is 0 Å². The van der Waals surface area contributed by atoms with Gasteiger partial charge in [-0.25, -0.2) is 4.98 Å². The second-order valence-electron chi connectivity index (χ2n) is 2.29. The van der Waals surface area contributed by atoms with E-state index in [1.54, 1.807) is 13.1 Å². The molecule has 0 aliphatic rings. The van der Waals surface area contributed by atoms with Gasteiger partial charge in [0.15, 0.2) is 0 Å². The minimum Gasteiger partial charge on any atom is -0.249 e. The van der Waals surface area contributed by atoms with Crippen LogP contribution in [0.25, 0.3) is 5.03 Å². The van der Waals surface area contributed by atoms with Gasteiger partial charge in [0.1, 0.15) is 0 Å². The third-order valence-electron chi connectivity index (χ3n) is 1.33. The molecule has 0 aromatic carbocycles. The van der Waals surface area contributed by atoms with Gasteiger partial charge < -0.3 is 0 Å². The van der Waals surface area contributed by atoms with Crippen LogP contribution in [0.2, 0.25) is 0 Å². The number of hydrogen-bond donors (Lipinski definition) is 0. The molecule has 2 nitrogen and oxygen atoms in total. The molecule has 62 valence electrons. The third kappa shape index (κ3) is 1.84. The van der Waals surface area contributed by atoms with Gasteiger partial charge >= 0.3 is 0 Å². The van der Waals surface area contributed by atoms with Crippen molar-refractivity contribution in [2.75, 3.05) is 0 Å². The molecule has 12 heavy (non-hydrogen) atoms. The Morgan fingerprint density at radius 2 is 2.42 bits per heavy atom. The molecule has 1 heterocycles. The van der Waals surface area contributed by atoms with Crippen molar-refractivity contribution in [1.82, 2.24) is 4.98 Å². The minimum absolute atomic E-state index is 0.503. The highest BCUT2D eigenvalue weighted by Crippen LogP contribution is 2.27. The van der Waals surface area contributed by atoms with Crippen LogP contribution in [0, 0.1) is 18.3 Å². The normalized spacial score (nSPS) is 12.2. The number of thiazole rings is 1. The van der Waals surface area contributed by atoms with E-state index in [1.165, 1.54) is 11.3 Å². The molecule has 0 saturated heterocycles. The van der Waals surface area contributed by atoms with Crippen LogP contribution in [0.15, 0.2) is 11.8 Å². The van der Waals surface area contributed by atoms with E-state index in [0.717, 1.165) is 9.88 Å². The van der Waals surface area contributed by atoms with Crippen molar-refractivity contribution in [3.8, 4) is 6.07 Å². The van der Waals surface area contributed by atoms with Crippen LogP contribution in [-0.2, 0) is 0 Å². The number of allylic oxidation sites excluding steroid dienone is 1. The van der Waals surface area contributed by atoms with Crippen LogP contribution < -0.4 is 0 Å². The van der Waals surface area contributed by atoms with Crippen molar-refractivity contribution in [2.24, 2.45) is 0 Å². The summed E-state index contributed by atoms with van der Waals surface area (Å²) in [7, 11) is 0. The monoisotopic (exact) mass is 198 g/mol. The van der Waals surface area contributed by atoms with Crippen LogP contribution >= 0.6 is 22.9 Å². The second kappa shape index (κ2) is 3.70. The Balaban J connectivity index is 3.09.